The molecule has 7 heteroatoms. The highest BCUT2D eigenvalue weighted by Gasteiger charge is 2.41. The van der Waals surface area contributed by atoms with Crippen LogP contribution < -0.4 is 10.2 Å². The van der Waals surface area contributed by atoms with E-state index < -0.39 is 16.7 Å². The lowest BCUT2D eigenvalue weighted by Gasteiger charge is -2.18. The van der Waals surface area contributed by atoms with Crippen LogP contribution in [0.15, 0.2) is 66.4 Å². The summed E-state index contributed by atoms with van der Waals surface area (Å²) in [6.07, 6.45) is 0. The molecule has 0 saturated heterocycles. The molecule has 0 spiro atoms. The van der Waals surface area contributed by atoms with Gasteiger partial charge in [-0.2, -0.15) is 0 Å². The lowest BCUT2D eigenvalue weighted by atomic mass is 10.0. The van der Waals surface area contributed by atoms with Gasteiger partial charge in [0, 0.05) is 17.8 Å². The number of non-ortho nitro benzene ring substituents is 1. The molecule has 0 atom stereocenters. The molecule has 3 aromatic rings. The number of rotatable bonds is 5. The number of benzene rings is 3. The van der Waals surface area contributed by atoms with Crippen LogP contribution in [0, 0.1) is 37.8 Å². The Bertz CT molecular complexity index is 1320. The van der Waals surface area contributed by atoms with Gasteiger partial charge in [-0.15, -0.1) is 0 Å². The average Bonchev–Trinajstić information content (AvgIpc) is 2.98. The largest absolute Gasteiger partial charge is 0.350 e. The van der Waals surface area contributed by atoms with Gasteiger partial charge in [0.15, 0.2) is 0 Å². The molecule has 1 N–H and O–H groups in total. The van der Waals surface area contributed by atoms with Crippen molar-refractivity contribution in [1.29, 1.82) is 0 Å². The number of amides is 2. The van der Waals surface area contributed by atoms with Gasteiger partial charge >= 0.3 is 0 Å². The number of carbonyl (C=O) groups is 2. The molecule has 33 heavy (non-hydrogen) atoms. The van der Waals surface area contributed by atoms with Crippen LogP contribution in [0.1, 0.15) is 27.8 Å². The third kappa shape index (κ3) is 4.13. The van der Waals surface area contributed by atoms with Crippen LogP contribution in [-0.2, 0) is 9.59 Å². The number of nitrogens with zero attached hydrogens (tertiary/aromatic N) is 2. The van der Waals surface area contributed by atoms with Gasteiger partial charge in [-0.25, -0.2) is 4.90 Å². The van der Waals surface area contributed by atoms with Gasteiger partial charge in [-0.1, -0.05) is 18.2 Å². The zero-order valence-corrected chi connectivity index (χ0v) is 18.8. The van der Waals surface area contributed by atoms with Crippen LogP contribution in [-0.4, -0.2) is 16.7 Å². The second-order valence-corrected chi connectivity index (χ2v) is 8.29. The molecule has 0 unspecified atom stereocenters. The molecule has 0 aliphatic carbocycles. The van der Waals surface area contributed by atoms with E-state index >= 15 is 0 Å². The van der Waals surface area contributed by atoms with Crippen LogP contribution >= 0.6 is 0 Å². The summed E-state index contributed by atoms with van der Waals surface area (Å²) in [7, 11) is 0. The highest BCUT2D eigenvalue weighted by Crippen LogP contribution is 2.36. The molecule has 1 aliphatic heterocycles. The third-order valence-electron chi connectivity index (χ3n) is 5.55. The summed E-state index contributed by atoms with van der Waals surface area (Å²) in [6, 6.07) is 17.0. The predicted molar refractivity (Wildman–Crippen MR) is 128 cm³/mol. The zero-order valence-electron chi connectivity index (χ0n) is 18.8. The van der Waals surface area contributed by atoms with Gasteiger partial charge in [0.1, 0.15) is 5.70 Å². The summed E-state index contributed by atoms with van der Waals surface area (Å²) in [4.78, 5) is 38.9. The van der Waals surface area contributed by atoms with Crippen molar-refractivity contribution in [2.75, 3.05) is 10.2 Å². The number of carbonyl (C=O) groups excluding carboxylic acids is 2. The fourth-order valence-electron chi connectivity index (χ4n) is 4.03. The van der Waals surface area contributed by atoms with Gasteiger partial charge in [0.05, 0.1) is 16.2 Å². The molecule has 3 aromatic carbocycles. The molecule has 0 saturated carbocycles. The third-order valence-corrected chi connectivity index (χ3v) is 5.55. The van der Waals surface area contributed by atoms with Gasteiger partial charge in [-0.3, -0.25) is 19.7 Å². The summed E-state index contributed by atoms with van der Waals surface area (Å²) < 4.78 is 0. The first-order valence-electron chi connectivity index (χ1n) is 10.5. The van der Waals surface area contributed by atoms with E-state index in [9.17, 15) is 19.7 Å². The Hall–Kier alpha value is -4.26. The molecule has 1 heterocycles. The monoisotopic (exact) mass is 441 g/mol. The van der Waals surface area contributed by atoms with E-state index in [1.165, 1.54) is 29.2 Å². The number of nitro groups is 1. The van der Waals surface area contributed by atoms with Crippen LogP contribution in [0.2, 0.25) is 0 Å². The van der Waals surface area contributed by atoms with E-state index in [0.29, 0.717) is 16.9 Å². The highest BCUT2D eigenvalue weighted by atomic mass is 16.6. The van der Waals surface area contributed by atoms with Gasteiger partial charge in [0.2, 0.25) is 0 Å². The Labute approximate surface area is 191 Å². The minimum atomic E-state index is -0.503. The number of hydrogen-bond donors (Lipinski definition) is 1. The average molecular weight is 441 g/mol. The number of aryl methyl sites for hydroxylation is 4. The number of nitro benzene ring substituents is 1. The topological polar surface area (TPSA) is 92.6 Å². The van der Waals surface area contributed by atoms with E-state index in [-0.39, 0.29) is 17.0 Å². The van der Waals surface area contributed by atoms with E-state index in [2.05, 4.69) is 5.32 Å². The summed E-state index contributed by atoms with van der Waals surface area (Å²) >= 11 is 0. The molecule has 0 bridgehead atoms. The maximum atomic E-state index is 13.6. The van der Waals surface area contributed by atoms with E-state index in [1.54, 1.807) is 6.07 Å². The molecule has 4 rings (SSSR count). The smallest absolute Gasteiger partial charge is 0.282 e. The lowest BCUT2D eigenvalue weighted by Crippen LogP contribution is -2.33. The first-order chi connectivity index (χ1) is 15.7. The van der Waals surface area contributed by atoms with E-state index in [1.807, 2.05) is 58.0 Å². The SMILES string of the molecule is Cc1cc(C)cc(NC2=C(c3ccc([N+](=O)[O-])cc3)C(=O)N(c3cc(C)ccc3C)C2=O)c1. The molecule has 7 nitrogen and oxygen atoms in total. The summed E-state index contributed by atoms with van der Waals surface area (Å²) in [5.74, 6) is -0.948. The van der Waals surface area contributed by atoms with Crippen LogP contribution in [0.25, 0.3) is 5.57 Å². The summed E-state index contributed by atoms with van der Waals surface area (Å²) in [5.41, 5.74) is 5.59. The van der Waals surface area contributed by atoms with Crippen molar-refractivity contribution in [2.24, 2.45) is 0 Å². The summed E-state index contributed by atoms with van der Waals surface area (Å²) in [6.45, 7) is 7.64. The first-order valence-corrected chi connectivity index (χ1v) is 10.5. The Morgan fingerprint density at radius 2 is 1.42 bits per heavy atom. The van der Waals surface area contributed by atoms with Crippen molar-refractivity contribution in [1.82, 2.24) is 0 Å². The Kier molecular flexibility index (Phi) is 5.55. The van der Waals surface area contributed by atoms with E-state index in [4.69, 9.17) is 0 Å². The van der Waals surface area contributed by atoms with Gasteiger partial charge in [-0.05, 0) is 85.8 Å². The molecule has 0 aromatic heterocycles. The quantitative estimate of drug-likeness (QED) is 0.333. The highest BCUT2D eigenvalue weighted by molar-refractivity contribution is 6.46. The van der Waals surface area contributed by atoms with Crippen molar-refractivity contribution in [3.63, 3.8) is 0 Å². The number of nitrogens with one attached hydrogen (secondary N) is 1. The molecule has 1 aliphatic rings. The Balaban J connectivity index is 1.86. The van der Waals surface area contributed by atoms with Crippen LogP contribution in [0.4, 0.5) is 17.1 Å². The molecule has 0 fully saturated rings. The molecule has 2 amide bonds. The second kappa shape index (κ2) is 8.35. The fourth-order valence-corrected chi connectivity index (χ4v) is 4.03. The predicted octanol–water partition coefficient (Wildman–Crippen LogP) is 5.23. The number of hydrogen-bond acceptors (Lipinski definition) is 5. The van der Waals surface area contributed by atoms with Crippen molar-refractivity contribution < 1.29 is 14.5 Å². The lowest BCUT2D eigenvalue weighted by molar-refractivity contribution is -0.384. The Morgan fingerprint density at radius 3 is 2.03 bits per heavy atom. The van der Waals surface area contributed by atoms with Crippen LogP contribution in [0.3, 0.4) is 0 Å². The van der Waals surface area contributed by atoms with Crippen molar-refractivity contribution in [2.45, 2.75) is 27.7 Å². The zero-order chi connectivity index (χ0) is 23.9. The van der Waals surface area contributed by atoms with Gasteiger partial charge in [0.25, 0.3) is 17.5 Å². The van der Waals surface area contributed by atoms with Crippen molar-refractivity contribution in [3.05, 3.63) is 104 Å². The molecular formula is C26H23N3O4. The number of anilines is 2. The fraction of sp³-hybridized carbons (Fsp3) is 0.154. The first kappa shape index (κ1) is 22.0. The van der Waals surface area contributed by atoms with Crippen molar-refractivity contribution >= 4 is 34.4 Å². The molecular weight excluding hydrogens is 418 g/mol. The van der Waals surface area contributed by atoms with E-state index in [0.717, 1.165) is 22.3 Å². The number of imide groups is 1. The van der Waals surface area contributed by atoms with Crippen LogP contribution in [0.5, 0.6) is 0 Å². The molecule has 0 radical (unpaired) electrons. The normalized spacial score (nSPS) is 13.6. The van der Waals surface area contributed by atoms with Gasteiger partial charge < -0.3 is 5.32 Å². The second-order valence-electron chi connectivity index (χ2n) is 8.29. The standard InChI is InChI=1S/C26H23N3O4/c1-15-5-6-18(4)22(14-15)28-25(30)23(19-7-9-21(10-8-19)29(32)33)24(26(28)31)27-20-12-16(2)11-17(3)13-20/h5-14,27H,1-4H3. The maximum absolute atomic E-state index is 13.6. The molecule has 166 valence electrons. The summed E-state index contributed by atoms with van der Waals surface area (Å²) in [5, 5.41) is 14.2. The van der Waals surface area contributed by atoms with Crippen molar-refractivity contribution in [3.8, 4) is 0 Å². The minimum absolute atomic E-state index is 0.0914. The maximum Gasteiger partial charge on any atom is 0.282 e. The minimum Gasteiger partial charge on any atom is -0.350 e. The Morgan fingerprint density at radius 1 is 0.788 bits per heavy atom.